The highest BCUT2D eigenvalue weighted by molar-refractivity contribution is 6.30. The average molecular weight is 242 g/mol. The number of nitrogens with two attached hydrogens (primary N) is 1. The number of hydrogen-bond acceptors (Lipinski definition) is 2. The minimum absolute atomic E-state index is 0.00958. The molecule has 0 radical (unpaired) electrons. The van der Waals surface area contributed by atoms with Crippen molar-refractivity contribution in [1.82, 2.24) is 9.88 Å². The Labute approximate surface area is 99.8 Å². The van der Waals surface area contributed by atoms with Gasteiger partial charge in [-0.15, -0.1) is 0 Å². The molecule has 0 bridgehead atoms. The zero-order valence-electron chi connectivity index (χ0n) is 9.24. The van der Waals surface area contributed by atoms with E-state index < -0.39 is 0 Å². The fourth-order valence-corrected chi connectivity index (χ4v) is 2.41. The van der Waals surface area contributed by atoms with Crippen LogP contribution in [0.2, 0.25) is 5.02 Å². The van der Waals surface area contributed by atoms with Crippen LogP contribution in [0.4, 0.5) is 0 Å². The Morgan fingerprint density at radius 1 is 1.75 bits per heavy atom. The van der Waals surface area contributed by atoms with Gasteiger partial charge in [-0.05, 0) is 31.9 Å². The lowest BCUT2D eigenvalue weighted by Crippen LogP contribution is -2.34. The Morgan fingerprint density at radius 2 is 2.50 bits per heavy atom. The van der Waals surface area contributed by atoms with Gasteiger partial charge in [0.2, 0.25) is 0 Å². The number of nitrogens with one attached hydrogen (secondary N) is 1. The van der Waals surface area contributed by atoms with E-state index in [1.807, 2.05) is 4.90 Å². The number of aromatic nitrogens is 1. The van der Waals surface area contributed by atoms with Crippen molar-refractivity contribution in [3.05, 3.63) is 23.0 Å². The number of nitrogens with zero attached hydrogens (tertiary/aromatic N) is 1. The minimum atomic E-state index is 0.00958. The van der Waals surface area contributed by atoms with Gasteiger partial charge in [0, 0.05) is 18.8 Å². The van der Waals surface area contributed by atoms with Gasteiger partial charge < -0.3 is 15.6 Å². The van der Waals surface area contributed by atoms with Crippen LogP contribution in [-0.2, 0) is 0 Å². The summed E-state index contributed by atoms with van der Waals surface area (Å²) >= 11 is 5.78. The van der Waals surface area contributed by atoms with Crippen LogP contribution in [0, 0.1) is 5.92 Å². The maximum atomic E-state index is 12.1. The lowest BCUT2D eigenvalue weighted by Gasteiger charge is -2.20. The normalized spacial score (nSPS) is 25.1. The first-order valence-corrected chi connectivity index (χ1v) is 5.84. The van der Waals surface area contributed by atoms with Crippen LogP contribution < -0.4 is 5.73 Å². The molecular formula is C11H16ClN3O. The molecule has 0 aromatic carbocycles. The predicted molar refractivity (Wildman–Crippen MR) is 63.5 cm³/mol. The summed E-state index contributed by atoms with van der Waals surface area (Å²) in [6, 6.07) is 1.91. The van der Waals surface area contributed by atoms with E-state index in [2.05, 4.69) is 11.9 Å². The SMILES string of the molecule is CC1CC(CN)CN1C(=O)c1cc(Cl)c[nH]1. The van der Waals surface area contributed by atoms with Gasteiger partial charge >= 0.3 is 0 Å². The second-order valence-corrected chi connectivity index (χ2v) is 4.81. The lowest BCUT2D eigenvalue weighted by molar-refractivity contribution is 0.0738. The van der Waals surface area contributed by atoms with Gasteiger partial charge in [-0.1, -0.05) is 11.6 Å². The maximum Gasteiger partial charge on any atom is 0.270 e. The van der Waals surface area contributed by atoms with Crippen molar-refractivity contribution in [1.29, 1.82) is 0 Å². The molecular weight excluding hydrogens is 226 g/mol. The van der Waals surface area contributed by atoms with Crippen molar-refractivity contribution in [3.63, 3.8) is 0 Å². The molecule has 1 aliphatic rings. The van der Waals surface area contributed by atoms with Gasteiger partial charge in [0.15, 0.2) is 0 Å². The van der Waals surface area contributed by atoms with Gasteiger partial charge in [0.25, 0.3) is 5.91 Å². The molecule has 5 heteroatoms. The molecule has 88 valence electrons. The molecule has 0 aliphatic carbocycles. The van der Waals surface area contributed by atoms with E-state index in [-0.39, 0.29) is 11.9 Å². The second-order valence-electron chi connectivity index (χ2n) is 4.38. The van der Waals surface area contributed by atoms with Crippen LogP contribution in [0.1, 0.15) is 23.8 Å². The zero-order chi connectivity index (χ0) is 11.7. The smallest absolute Gasteiger partial charge is 0.270 e. The van der Waals surface area contributed by atoms with Crippen molar-refractivity contribution >= 4 is 17.5 Å². The summed E-state index contributed by atoms with van der Waals surface area (Å²) in [5.74, 6) is 0.430. The molecule has 1 fully saturated rings. The monoisotopic (exact) mass is 241 g/mol. The molecule has 4 nitrogen and oxygen atoms in total. The third-order valence-electron chi connectivity index (χ3n) is 3.13. The number of carbonyl (C=O) groups is 1. The quantitative estimate of drug-likeness (QED) is 0.824. The first-order valence-electron chi connectivity index (χ1n) is 5.46. The Hall–Kier alpha value is -1.00. The molecule has 2 rings (SSSR count). The Bertz CT molecular complexity index is 390. The van der Waals surface area contributed by atoms with Crippen molar-refractivity contribution in [2.75, 3.05) is 13.1 Å². The topological polar surface area (TPSA) is 62.1 Å². The maximum absolute atomic E-state index is 12.1. The Morgan fingerprint density at radius 3 is 3.00 bits per heavy atom. The van der Waals surface area contributed by atoms with E-state index in [9.17, 15) is 4.79 Å². The van der Waals surface area contributed by atoms with Crippen molar-refractivity contribution < 1.29 is 4.79 Å². The third-order valence-corrected chi connectivity index (χ3v) is 3.35. The molecule has 1 aromatic heterocycles. The fraction of sp³-hybridized carbons (Fsp3) is 0.545. The minimum Gasteiger partial charge on any atom is -0.356 e. The molecule has 1 amide bonds. The van der Waals surface area contributed by atoms with E-state index in [0.29, 0.717) is 23.2 Å². The standard InChI is InChI=1S/C11H16ClN3O/c1-7-2-8(4-13)6-15(7)11(16)10-3-9(12)5-14-10/h3,5,7-8,14H,2,4,6,13H2,1H3. The van der Waals surface area contributed by atoms with Crippen molar-refractivity contribution in [2.24, 2.45) is 11.7 Å². The van der Waals surface area contributed by atoms with Crippen molar-refractivity contribution in [2.45, 2.75) is 19.4 Å². The summed E-state index contributed by atoms with van der Waals surface area (Å²) < 4.78 is 0. The van der Waals surface area contributed by atoms with E-state index in [4.69, 9.17) is 17.3 Å². The largest absolute Gasteiger partial charge is 0.356 e. The van der Waals surface area contributed by atoms with Gasteiger partial charge in [-0.3, -0.25) is 4.79 Å². The fourth-order valence-electron chi connectivity index (χ4n) is 2.24. The Kier molecular flexibility index (Phi) is 3.21. The van der Waals surface area contributed by atoms with Gasteiger partial charge in [0.1, 0.15) is 5.69 Å². The molecule has 0 saturated carbocycles. The van der Waals surface area contributed by atoms with Crippen molar-refractivity contribution in [3.8, 4) is 0 Å². The molecule has 0 spiro atoms. The molecule has 2 heterocycles. The van der Waals surface area contributed by atoms with E-state index in [1.165, 1.54) is 0 Å². The molecule has 3 N–H and O–H groups in total. The number of likely N-dealkylation sites (tertiary alicyclic amines) is 1. The highest BCUT2D eigenvalue weighted by atomic mass is 35.5. The first-order chi connectivity index (χ1) is 7.61. The summed E-state index contributed by atoms with van der Waals surface area (Å²) in [7, 11) is 0. The van der Waals surface area contributed by atoms with Crippen LogP contribution in [-0.4, -0.2) is 34.9 Å². The highest BCUT2D eigenvalue weighted by Gasteiger charge is 2.32. The molecule has 2 atom stereocenters. The van der Waals surface area contributed by atoms with Crippen LogP contribution >= 0.6 is 11.6 Å². The number of halogens is 1. The van der Waals surface area contributed by atoms with E-state index >= 15 is 0 Å². The molecule has 1 saturated heterocycles. The second kappa shape index (κ2) is 4.47. The number of H-pyrrole nitrogens is 1. The lowest BCUT2D eigenvalue weighted by atomic mass is 10.1. The van der Waals surface area contributed by atoms with Gasteiger partial charge in [-0.2, -0.15) is 0 Å². The van der Waals surface area contributed by atoms with Crippen LogP contribution in [0.25, 0.3) is 0 Å². The predicted octanol–water partition coefficient (Wildman–Crippen LogP) is 1.48. The van der Waals surface area contributed by atoms with E-state index in [1.54, 1.807) is 12.3 Å². The first kappa shape index (κ1) is 11.5. The summed E-state index contributed by atoms with van der Waals surface area (Å²) in [5.41, 5.74) is 6.18. The number of aromatic amines is 1. The summed E-state index contributed by atoms with van der Waals surface area (Å²) in [6.07, 6.45) is 2.60. The molecule has 1 aliphatic heterocycles. The molecule has 16 heavy (non-hydrogen) atoms. The zero-order valence-corrected chi connectivity index (χ0v) is 10.00. The van der Waals surface area contributed by atoms with Crippen LogP contribution in [0.15, 0.2) is 12.3 Å². The average Bonchev–Trinajstić information content (AvgIpc) is 2.83. The third kappa shape index (κ3) is 2.08. The number of carbonyl (C=O) groups excluding carboxylic acids is 1. The van der Waals surface area contributed by atoms with Gasteiger partial charge in [-0.25, -0.2) is 0 Å². The number of hydrogen-bond donors (Lipinski definition) is 2. The molecule has 1 aromatic rings. The van der Waals surface area contributed by atoms with E-state index in [0.717, 1.165) is 13.0 Å². The van der Waals surface area contributed by atoms with Crippen LogP contribution in [0.5, 0.6) is 0 Å². The van der Waals surface area contributed by atoms with Crippen LogP contribution in [0.3, 0.4) is 0 Å². The number of rotatable bonds is 2. The Balaban J connectivity index is 2.11. The number of amides is 1. The highest BCUT2D eigenvalue weighted by Crippen LogP contribution is 2.24. The summed E-state index contributed by atoms with van der Waals surface area (Å²) in [6.45, 7) is 3.44. The summed E-state index contributed by atoms with van der Waals surface area (Å²) in [5, 5.41) is 0.561. The summed E-state index contributed by atoms with van der Waals surface area (Å²) in [4.78, 5) is 16.9. The van der Waals surface area contributed by atoms with Gasteiger partial charge in [0.05, 0.1) is 5.02 Å². The molecule has 2 unspecified atom stereocenters.